The van der Waals surface area contributed by atoms with Crippen molar-refractivity contribution in [3.8, 4) is 0 Å². The van der Waals surface area contributed by atoms with Gasteiger partial charge in [0.25, 0.3) is 0 Å². The largest absolute Gasteiger partial charge is 0.309 e. The third-order valence-electron chi connectivity index (χ3n) is 3.00. The van der Waals surface area contributed by atoms with Gasteiger partial charge >= 0.3 is 0 Å². The van der Waals surface area contributed by atoms with E-state index >= 15 is 0 Å². The molecule has 3 nitrogen and oxygen atoms in total. The molecule has 1 aromatic carbocycles. The zero-order valence-electron chi connectivity index (χ0n) is 11.0. The van der Waals surface area contributed by atoms with E-state index in [1.54, 1.807) is 10.7 Å². The van der Waals surface area contributed by atoms with Gasteiger partial charge < -0.3 is 5.32 Å². The average Bonchev–Trinajstić information content (AvgIpc) is 2.81. The summed E-state index contributed by atoms with van der Waals surface area (Å²) in [5.41, 5.74) is 1.72. The quantitative estimate of drug-likeness (QED) is 0.913. The number of hydrogen-bond donors (Lipinski definition) is 1. The summed E-state index contributed by atoms with van der Waals surface area (Å²) < 4.78 is 15.2. The first-order chi connectivity index (χ1) is 9.11. The average molecular weight is 282 g/mol. The Kier molecular flexibility index (Phi) is 4.56. The van der Waals surface area contributed by atoms with Gasteiger partial charge in [-0.1, -0.05) is 30.7 Å². The molecule has 0 radical (unpaired) electrons. The Bertz CT molecular complexity index is 553. The maximum Gasteiger partial charge on any atom is 0.142 e. The smallest absolute Gasteiger partial charge is 0.142 e. The Hall–Kier alpha value is -1.39. The van der Waals surface area contributed by atoms with Crippen molar-refractivity contribution in [2.75, 3.05) is 6.54 Å². The number of nitrogens with zero attached hydrogens (tertiary/aromatic N) is 2. The van der Waals surface area contributed by atoms with Gasteiger partial charge in [-0.05, 0) is 30.7 Å². The highest BCUT2D eigenvalue weighted by Crippen LogP contribution is 2.25. The van der Waals surface area contributed by atoms with Crippen LogP contribution < -0.4 is 5.32 Å². The van der Waals surface area contributed by atoms with Gasteiger partial charge in [0.2, 0.25) is 0 Å². The second-order valence-corrected chi connectivity index (χ2v) is 4.82. The predicted octanol–water partition coefficient (Wildman–Crippen LogP) is 3.11. The van der Waals surface area contributed by atoms with Crippen molar-refractivity contribution < 1.29 is 4.39 Å². The summed E-state index contributed by atoms with van der Waals surface area (Å²) in [6, 6.07) is 6.89. The highest BCUT2D eigenvalue weighted by molar-refractivity contribution is 6.31. The molecular formula is C14H17ClFN3. The fourth-order valence-corrected chi connectivity index (χ4v) is 2.28. The summed E-state index contributed by atoms with van der Waals surface area (Å²) in [4.78, 5) is 0. The Labute approximate surface area is 117 Å². The summed E-state index contributed by atoms with van der Waals surface area (Å²) in [5, 5.41) is 7.94. The molecule has 0 saturated carbocycles. The summed E-state index contributed by atoms with van der Waals surface area (Å²) in [5.74, 6) is -0.379. The SMILES string of the molecule is CCNC(Cc1cccc(F)c1Cl)c1ccn(C)n1. The molecule has 0 aliphatic heterocycles. The number of aryl methyl sites for hydroxylation is 1. The van der Waals surface area contributed by atoms with E-state index in [9.17, 15) is 4.39 Å². The Morgan fingerprint density at radius 2 is 2.21 bits per heavy atom. The summed E-state index contributed by atoms with van der Waals surface area (Å²) in [7, 11) is 1.88. The van der Waals surface area contributed by atoms with Crippen LogP contribution in [0.4, 0.5) is 4.39 Å². The van der Waals surface area contributed by atoms with E-state index in [1.807, 2.05) is 32.3 Å². The molecule has 1 atom stereocenters. The van der Waals surface area contributed by atoms with E-state index in [0.717, 1.165) is 17.8 Å². The van der Waals surface area contributed by atoms with Crippen molar-refractivity contribution in [1.82, 2.24) is 15.1 Å². The van der Waals surface area contributed by atoms with E-state index in [0.29, 0.717) is 6.42 Å². The van der Waals surface area contributed by atoms with E-state index < -0.39 is 0 Å². The van der Waals surface area contributed by atoms with Crippen molar-refractivity contribution >= 4 is 11.6 Å². The van der Waals surface area contributed by atoms with Crippen LogP contribution in [0.5, 0.6) is 0 Å². The molecule has 1 aromatic heterocycles. The number of likely N-dealkylation sites (N-methyl/N-ethyl adjacent to an activating group) is 1. The van der Waals surface area contributed by atoms with Crippen LogP contribution in [0, 0.1) is 5.82 Å². The molecule has 2 aromatic rings. The van der Waals surface area contributed by atoms with Gasteiger partial charge in [-0.15, -0.1) is 0 Å². The zero-order chi connectivity index (χ0) is 13.8. The fourth-order valence-electron chi connectivity index (χ4n) is 2.07. The second-order valence-electron chi connectivity index (χ2n) is 4.44. The molecule has 0 fully saturated rings. The van der Waals surface area contributed by atoms with Gasteiger partial charge in [-0.3, -0.25) is 4.68 Å². The van der Waals surface area contributed by atoms with Crippen LogP contribution in [0.25, 0.3) is 0 Å². The van der Waals surface area contributed by atoms with Crippen LogP contribution in [-0.2, 0) is 13.5 Å². The molecule has 0 aliphatic rings. The lowest BCUT2D eigenvalue weighted by atomic mass is 10.0. The number of benzene rings is 1. The summed E-state index contributed by atoms with van der Waals surface area (Å²) >= 11 is 6.00. The Morgan fingerprint density at radius 3 is 2.84 bits per heavy atom. The van der Waals surface area contributed by atoms with Crippen molar-refractivity contribution in [3.63, 3.8) is 0 Å². The number of nitrogens with one attached hydrogen (secondary N) is 1. The van der Waals surface area contributed by atoms with Gasteiger partial charge in [0.05, 0.1) is 16.8 Å². The highest BCUT2D eigenvalue weighted by Gasteiger charge is 2.16. The number of aromatic nitrogens is 2. The monoisotopic (exact) mass is 281 g/mol. The lowest BCUT2D eigenvalue weighted by Gasteiger charge is -2.16. The van der Waals surface area contributed by atoms with Crippen LogP contribution in [-0.4, -0.2) is 16.3 Å². The normalized spacial score (nSPS) is 12.6. The first-order valence-electron chi connectivity index (χ1n) is 6.27. The van der Waals surface area contributed by atoms with Gasteiger partial charge in [0.15, 0.2) is 0 Å². The molecule has 1 heterocycles. The third-order valence-corrected chi connectivity index (χ3v) is 3.42. The predicted molar refractivity (Wildman–Crippen MR) is 74.7 cm³/mol. The first-order valence-corrected chi connectivity index (χ1v) is 6.65. The number of halogens is 2. The van der Waals surface area contributed by atoms with Crippen LogP contribution >= 0.6 is 11.6 Å². The maximum absolute atomic E-state index is 13.4. The van der Waals surface area contributed by atoms with E-state index in [2.05, 4.69) is 10.4 Å². The molecule has 102 valence electrons. The van der Waals surface area contributed by atoms with Crippen molar-refractivity contribution in [3.05, 3.63) is 52.6 Å². The van der Waals surface area contributed by atoms with E-state index in [-0.39, 0.29) is 16.9 Å². The third kappa shape index (κ3) is 3.33. The van der Waals surface area contributed by atoms with Gasteiger partial charge in [0.1, 0.15) is 5.82 Å². The lowest BCUT2D eigenvalue weighted by molar-refractivity contribution is 0.526. The number of hydrogen-bond acceptors (Lipinski definition) is 2. The highest BCUT2D eigenvalue weighted by atomic mass is 35.5. The van der Waals surface area contributed by atoms with Gasteiger partial charge in [-0.2, -0.15) is 5.10 Å². The van der Waals surface area contributed by atoms with Crippen molar-refractivity contribution in [2.45, 2.75) is 19.4 Å². The van der Waals surface area contributed by atoms with Crippen LogP contribution in [0.15, 0.2) is 30.5 Å². The minimum absolute atomic E-state index is 0.0329. The standard InChI is InChI=1S/C14H17ClFN3/c1-3-17-13(12-7-8-19(2)18-12)9-10-5-4-6-11(16)14(10)15/h4-8,13,17H,3,9H2,1-2H3. The molecular weight excluding hydrogens is 265 g/mol. The van der Waals surface area contributed by atoms with Crippen molar-refractivity contribution in [2.24, 2.45) is 7.05 Å². The number of rotatable bonds is 5. The molecule has 1 N–H and O–H groups in total. The molecule has 0 aliphatic carbocycles. The molecule has 0 amide bonds. The van der Waals surface area contributed by atoms with Crippen LogP contribution in [0.3, 0.4) is 0 Å². The summed E-state index contributed by atoms with van der Waals surface area (Å²) in [6.07, 6.45) is 2.51. The fraction of sp³-hybridized carbons (Fsp3) is 0.357. The molecule has 0 bridgehead atoms. The molecule has 19 heavy (non-hydrogen) atoms. The maximum atomic E-state index is 13.4. The van der Waals surface area contributed by atoms with Crippen LogP contribution in [0.2, 0.25) is 5.02 Å². The Morgan fingerprint density at radius 1 is 1.42 bits per heavy atom. The summed E-state index contributed by atoms with van der Waals surface area (Å²) in [6.45, 7) is 2.84. The minimum Gasteiger partial charge on any atom is -0.309 e. The van der Waals surface area contributed by atoms with E-state index in [4.69, 9.17) is 11.6 Å². The molecule has 0 spiro atoms. The molecule has 1 unspecified atom stereocenters. The molecule has 0 saturated heterocycles. The van der Waals surface area contributed by atoms with Gasteiger partial charge in [0, 0.05) is 13.2 Å². The first kappa shape index (κ1) is 14.0. The van der Waals surface area contributed by atoms with Crippen molar-refractivity contribution in [1.29, 1.82) is 0 Å². The topological polar surface area (TPSA) is 29.9 Å². The van der Waals surface area contributed by atoms with Gasteiger partial charge in [-0.25, -0.2) is 4.39 Å². The second kappa shape index (κ2) is 6.17. The van der Waals surface area contributed by atoms with Crippen LogP contribution in [0.1, 0.15) is 24.2 Å². The van der Waals surface area contributed by atoms with E-state index in [1.165, 1.54) is 6.07 Å². The molecule has 2 rings (SSSR count). The molecule has 5 heteroatoms. The Balaban J connectivity index is 2.23. The zero-order valence-corrected chi connectivity index (χ0v) is 11.8. The minimum atomic E-state index is -0.379. The lowest BCUT2D eigenvalue weighted by Crippen LogP contribution is -2.23.